The first-order valence-electron chi connectivity index (χ1n) is 6.73. The highest BCUT2D eigenvalue weighted by molar-refractivity contribution is 5.82. The van der Waals surface area contributed by atoms with Gasteiger partial charge < -0.3 is 15.5 Å². The molecule has 5 heteroatoms. The number of rotatable bonds is 8. The molecule has 0 fully saturated rings. The maximum Gasteiger partial charge on any atom is 0.222 e. The Morgan fingerprint density at radius 3 is 2.30 bits per heavy atom. The molecule has 2 amide bonds. The molecule has 2 N–H and O–H groups in total. The van der Waals surface area contributed by atoms with Crippen LogP contribution in [0.2, 0.25) is 0 Å². The van der Waals surface area contributed by atoms with Gasteiger partial charge in [-0.15, -0.1) is 0 Å². The molecule has 0 bridgehead atoms. The predicted octanol–water partition coefficient (Wildman–Crippen LogP) is 0.842. The predicted molar refractivity (Wildman–Crippen MR) is 78.8 cm³/mol. The van der Waals surface area contributed by atoms with Gasteiger partial charge in [-0.1, -0.05) is 30.3 Å². The number of amides is 2. The number of primary amides is 1. The molecule has 20 heavy (non-hydrogen) atoms. The zero-order valence-electron chi connectivity index (χ0n) is 12.2. The van der Waals surface area contributed by atoms with Gasteiger partial charge in [0, 0.05) is 39.5 Å². The van der Waals surface area contributed by atoms with Crippen LogP contribution in [0.25, 0.3) is 0 Å². The molecule has 5 nitrogen and oxygen atoms in total. The molecule has 0 saturated heterocycles. The van der Waals surface area contributed by atoms with Gasteiger partial charge in [-0.05, 0) is 12.6 Å². The van der Waals surface area contributed by atoms with Gasteiger partial charge in [-0.2, -0.15) is 0 Å². The lowest BCUT2D eigenvalue weighted by atomic mass is 10.2. The lowest BCUT2D eigenvalue weighted by Crippen LogP contribution is -2.35. The molecule has 1 rings (SSSR count). The van der Waals surface area contributed by atoms with Gasteiger partial charge in [0.25, 0.3) is 0 Å². The summed E-state index contributed by atoms with van der Waals surface area (Å²) >= 11 is 0. The third-order valence-electron chi connectivity index (χ3n) is 3.12. The summed E-state index contributed by atoms with van der Waals surface area (Å²) in [6.45, 7) is 2.28. The number of likely N-dealkylation sites (N-methyl/N-ethyl adjacent to an activating group) is 2. The molecule has 0 spiro atoms. The highest BCUT2D eigenvalue weighted by atomic mass is 16.2. The molecule has 1 aromatic carbocycles. The second-order valence-electron chi connectivity index (χ2n) is 5.00. The Hall–Kier alpha value is -1.88. The van der Waals surface area contributed by atoms with Gasteiger partial charge >= 0.3 is 0 Å². The fraction of sp³-hybridized carbons (Fsp3) is 0.467. The van der Waals surface area contributed by atoms with Crippen LogP contribution in [0, 0.1) is 0 Å². The monoisotopic (exact) mass is 277 g/mol. The summed E-state index contributed by atoms with van der Waals surface area (Å²) in [5.41, 5.74) is 6.28. The first kappa shape index (κ1) is 16.2. The van der Waals surface area contributed by atoms with Crippen molar-refractivity contribution < 1.29 is 9.59 Å². The van der Waals surface area contributed by atoms with Crippen molar-refractivity contribution in [3.8, 4) is 0 Å². The van der Waals surface area contributed by atoms with Crippen molar-refractivity contribution in [3.63, 3.8) is 0 Å². The number of hydrogen-bond donors (Lipinski definition) is 1. The number of nitrogens with two attached hydrogens (primary N) is 1. The fourth-order valence-corrected chi connectivity index (χ4v) is 1.84. The van der Waals surface area contributed by atoms with E-state index in [-0.39, 0.29) is 18.7 Å². The van der Waals surface area contributed by atoms with Crippen molar-refractivity contribution >= 4 is 11.8 Å². The first-order chi connectivity index (χ1) is 9.49. The minimum absolute atomic E-state index is 0.0445. The quantitative estimate of drug-likeness (QED) is 0.766. The molecule has 0 radical (unpaired) electrons. The number of nitrogens with zero attached hydrogens (tertiary/aromatic N) is 2. The lowest BCUT2D eigenvalue weighted by molar-refractivity contribution is -0.132. The Morgan fingerprint density at radius 1 is 1.05 bits per heavy atom. The van der Waals surface area contributed by atoms with Crippen molar-refractivity contribution in [1.29, 1.82) is 0 Å². The third kappa shape index (κ3) is 6.33. The summed E-state index contributed by atoms with van der Waals surface area (Å²) < 4.78 is 0. The Labute approximate surface area is 120 Å². The number of carbonyl (C=O) groups excluding carboxylic acids is 2. The van der Waals surface area contributed by atoms with Gasteiger partial charge in [0.15, 0.2) is 0 Å². The van der Waals surface area contributed by atoms with Crippen LogP contribution in [0.3, 0.4) is 0 Å². The number of benzene rings is 1. The standard InChI is InChI=1S/C15H23N3O2/c1-17(12-13-6-4-3-5-7-13)10-11-18(2)15(20)9-8-14(16)19/h3-7H,8-12H2,1-2H3,(H2,16,19). The molecule has 0 aliphatic carbocycles. The van der Waals surface area contributed by atoms with E-state index in [0.29, 0.717) is 6.54 Å². The van der Waals surface area contributed by atoms with Crippen LogP contribution < -0.4 is 5.73 Å². The van der Waals surface area contributed by atoms with Crippen molar-refractivity contribution in [3.05, 3.63) is 35.9 Å². The topological polar surface area (TPSA) is 66.6 Å². The van der Waals surface area contributed by atoms with E-state index >= 15 is 0 Å². The molecular weight excluding hydrogens is 254 g/mol. The molecule has 0 aliphatic rings. The zero-order valence-corrected chi connectivity index (χ0v) is 12.2. The molecule has 110 valence electrons. The Balaban J connectivity index is 2.27. The largest absolute Gasteiger partial charge is 0.370 e. The van der Waals surface area contributed by atoms with Gasteiger partial charge in [0.2, 0.25) is 11.8 Å². The maximum atomic E-state index is 11.7. The van der Waals surface area contributed by atoms with E-state index in [0.717, 1.165) is 13.1 Å². The maximum absolute atomic E-state index is 11.7. The van der Waals surface area contributed by atoms with Gasteiger partial charge in [-0.25, -0.2) is 0 Å². The summed E-state index contributed by atoms with van der Waals surface area (Å²) in [5.74, 6) is -0.482. The van der Waals surface area contributed by atoms with E-state index in [1.54, 1.807) is 11.9 Å². The molecule has 0 heterocycles. The van der Waals surface area contributed by atoms with E-state index in [4.69, 9.17) is 5.73 Å². The Bertz CT molecular complexity index is 434. The van der Waals surface area contributed by atoms with Gasteiger partial charge in [0.1, 0.15) is 0 Å². The summed E-state index contributed by atoms with van der Waals surface area (Å²) in [7, 11) is 3.77. The molecule has 1 aromatic rings. The van der Waals surface area contributed by atoms with Crippen LogP contribution >= 0.6 is 0 Å². The Morgan fingerprint density at radius 2 is 1.70 bits per heavy atom. The highest BCUT2D eigenvalue weighted by Gasteiger charge is 2.10. The van der Waals surface area contributed by atoms with E-state index in [1.807, 2.05) is 25.2 Å². The third-order valence-corrected chi connectivity index (χ3v) is 3.12. The second kappa shape index (κ2) is 8.32. The van der Waals surface area contributed by atoms with Gasteiger partial charge in [-0.3, -0.25) is 9.59 Å². The fourth-order valence-electron chi connectivity index (χ4n) is 1.84. The number of carbonyl (C=O) groups is 2. The van der Waals surface area contributed by atoms with Gasteiger partial charge in [0.05, 0.1) is 0 Å². The van der Waals surface area contributed by atoms with Crippen molar-refractivity contribution in [2.45, 2.75) is 19.4 Å². The molecule has 0 unspecified atom stereocenters. The average Bonchev–Trinajstić information content (AvgIpc) is 2.43. The summed E-state index contributed by atoms with van der Waals surface area (Å²) in [5, 5.41) is 0. The summed E-state index contributed by atoms with van der Waals surface area (Å²) in [4.78, 5) is 26.2. The van der Waals surface area contributed by atoms with Crippen molar-refractivity contribution in [2.24, 2.45) is 5.73 Å². The van der Waals surface area contributed by atoms with Crippen LogP contribution in [0.1, 0.15) is 18.4 Å². The van der Waals surface area contributed by atoms with E-state index in [1.165, 1.54) is 5.56 Å². The summed E-state index contributed by atoms with van der Waals surface area (Å²) in [6, 6.07) is 10.2. The Kier molecular flexibility index (Phi) is 6.73. The van der Waals surface area contributed by atoms with E-state index in [9.17, 15) is 9.59 Å². The molecule has 0 atom stereocenters. The molecule has 0 aliphatic heterocycles. The summed E-state index contributed by atoms with van der Waals surface area (Å²) in [6.07, 6.45) is 0.303. The van der Waals surface area contributed by atoms with Crippen LogP contribution in [0.5, 0.6) is 0 Å². The lowest BCUT2D eigenvalue weighted by Gasteiger charge is -2.22. The SMILES string of the molecule is CN(CCN(C)C(=O)CCC(N)=O)Cc1ccccc1. The zero-order chi connectivity index (χ0) is 15.0. The van der Waals surface area contributed by atoms with Crippen molar-refractivity contribution in [1.82, 2.24) is 9.80 Å². The van der Waals surface area contributed by atoms with Crippen LogP contribution in [-0.2, 0) is 16.1 Å². The van der Waals surface area contributed by atoms with E-state index < -0.39 is 5.91 Å². The van der Waals surface area contributed by atoms with Crippen molar-refractivity contribution in [2.75, 3.05) is 27.2 Å². The van der Waals surface area contributed by atoms with Crippen LogP contribution in [0.15, 0.2) is 30.3 Å². The smallest absolute Gasteiger partial charge is 0.222 e. The highest BCUT2D eigenvalue weighted by Crippen LogP contribution is 2.03. The first-order valence-corrected chi connectivity index (χ1v) is 6.73. The normalized spacial score (nSPS) is 10.6. The van der Waals surface area contributed by atoms with Crippen LogP contribution in [0.4, 0.5) is 0 Å². The molecular formula is C15H23N3O2. The molecule has 0 aromatic heterocycles. The molecule has 0 saturated carbocycles. The minimum atomic E-state index is -0.437. The van der Waals surface area contributed by atoms with Crippen LogP contribution in [-0.4, -0.2) is 48.8 Å². The van der Waals surface area contributed by atoms with E-state index in [2.05, 4.69) is 17.0 Å². The average molecular weight is 277 g/mol. The second-order valence-corrected chi connectivity index (χ2v) is 5.00. The minimum Gasteiger partial charge on any atom is -0.370 e. The number of hydrogen-bond acceptors (Lipinski definition) is 3.